The first-order chi connectivity index (χ1) is 15.5. The molecule has 0 radical (unpaired) electrons. The lowest BCUT2D eigenvalue weighted by Gasteiger charge is -2.18. The lowest BCUT2D eigenvalue weighted by molar-refractivity contribution is 0.0936. The summed E-state index contributed by atoms with van der Waals surface area (Å²) in [5.41, 5.74) is 6.04. The van der Waals surface area contributed by atoms with Gasteiger partial charge < -0.3 is 10.2 Å². The number of aryl methyl sites for hydroxylation is 2. The van der Waals surface area contributed by atoms with E-state index < -0.39 is 0 Å². The summed E-state index contributed by atoms with van der Waals surface area (Å²) in [5.74, 6) is 2.44. The highest BCUT2D eigenvalue weighted by Crippen LogP contribution is 2.45. The number of nitrogens with one attached hydrogen (secondary N) is 1. The largest absolute Gasteiger partial charge is 0.345 e. The summed E-state index contributed by atoms with van der Waals surface area (Å²) in [7, 11) is 0. The minimum atomic E-state index is -0.0977. The van der Waals surface area contributed by atoms with Crippen LogP contribution in [-0.4, -0.2) is 43.7 Å². The smallest absolute Gasteiger partial charge is 0.254 e. The fourth-order valence-electron chi connectivity index (χ4n) is 5.19. The molecule has 8 nitrogen and oxygen atoms in total. The maximum absolute atomic E-state index is 12.8. The first-order valence-electron chi connectivity index (χ1n) is 11.4. The number of nitrogens with zero attached hydrogens (tertiary/aromatic N) is 6. The molecule has 3 aliphatic rings. The Morgan fingerprint density at radius 3 is 2.81 bits per heavy atom. The average molecular weight is 430 g/mol. The van der Waals surface area contributed by atoms with E-state index >= 15 is 0 Å². The van der Waals surface area contributed by atoms with Crippen molar-refractivity contribution in [3.05, 3.63) is 64.5 Å². The average Bonchev–Trinajstić information content (AvgIpc) is 3.17. The number of rotatable bonds is 5. The number of anilines is 1. The van der Waals surface area contributed by atoms with Gasteiger partial charge in [0.15, 0.2) is 0 Å². The van der Waals surface area contributed by atoms with Gasteiger partial charge in [-0.15, -0.1) is 0 Å². The van der Waals surface area contributed by atoms with Crippen LogP contribution in [0.3, 0.4) is 0 Å². The zero-order valence-electron chi connectivity index (χ0n) is 18.5. The van der Waals surface area contributed by atoms with Gasteiger partial charge in [-0.3, -0.25) is 14.5 Å². The molecule has 1 saturated carbocycles. The molecule has 3 aromatic heterocycles. The molecule has 3 atom stereocenters. The molecule has 6 rings (SSSR count). The van der Waals surface area contributed by atoms with Crippen LogP contribution < -0.4 is 10.2 Å². The first kappa shape index (κ1) is 19.4. The number of fused-ring (bicyclic) bond motifs is 2. The quantitative estimate of drug-likeness (QED) is 0.671. The number of piperidine rings is 1. The number of hydrogen-bond acceptors (Lipinski definition) is 6. The molecule has 1 N–H and O–H groups in total. The van der Waals surface area contributed by atoms with Crippen molar-refractivity contribution >= 4 is 11.9 Å². The number of aromatic nitrogens is 5. The third-order valence-electron chi connectivity index (χ3n) is 7.23. The van der Waals surface area contributed by atoms with Crippen LogP contribution in [0.4, 0.5) is 5.95 Å². The third-order valence-corrected chi connectivity index (χ3v) is 7.23. The molecule has 1 aliphatic heterocycles. The van der Waals surface area contributed by atoms with Gasteiger partial charge in [0, 0.05) is 48.6 Å². The van der Waals surface area contributed by atoms with E-state index in [0.29, 0.717) is 12.1 Å². The highest BCUT2D eigenvalue weighted by Gasteiger charge is 2.45. The lowest BCUT2D eigenvalue weighted by Crippen LogP contribution is -2.26. The van der Waals surface area contributed by atoms with Crippen molar-refractivity contribution in [1.82, 2.24) is 30.0 Å². The molecule has 1 saturated heterocycles. The van der Waals surface area contributed by atoms with Gasteiger partial charge in [0.1, 0.15) is 0 Å². The molecule has 3 aromatic rings. The minimum Gasteiger partial charge on any atom is -0.345 e. The van der Waals surface area contributed by atoms with E-state index in [0.717, 1.165) is 60.7 Å². The summed E-state index contributed by atoms with van der Waals surface area (Å²) in [6.45, 7) is 6.76. The molecular formula is C24H27N7O. The highest BCUT2D eigenvalue weighted by molar-refractivity contribution is 5.94. The molecule has 1 amide bonds. The fourth-order valence-corrected chi connectivity index (χ4v) is 5.19. The number of pyridine rings is 1. The van der Waals surface area contributed by atoms with E-state index in [1.807, 2.05) is 32.3 Å². The second-order valence-electron chi connectivity index (χ2n) is 9.40. The molecule has 4 heterocycles. The van der Waals surface area contributed by atoms with Gasteiger partial charge in [0.2, 0.25) is 5.95 Å². The topological polar surface area (TPSA) is 88.8 Å². The van der Waals surface area contributed by atoms with Crippen LogP contribution in [0.5, 0.6) is 0 Å². The Morgan fingerprint density at radius 1 is 1.16 bits per heavy atom. The monoisotopic (exact) mass is 429 g/mol. The van der Waals surface area contributed by atoms with Crippen molar-refractivity contribution in [2.75, 3.05) is 18.0 Å². The first-order valence-corrected chi connectivity index (χ1v) is 11.4. The second kappa shape index (κ2) is 7.39. The van der Waals surface area contributed by atoms with E-state index in [4.69, 9.17) is 4.98 Å². The van der Waals surface area contributed by atoms with Crippen LogP contribution in [-0.2, 0) is 13.0 Å². The van der Waals surface area contributed by atoms with Gasteiger partial charge in [-0.1, -0.05) is 0 Å². The maximum atomic E-state index is 12.8. The minimum absolute atomic E-state index is 0.0300. The van der Waals surface area contributed by atoms with Crippen molar-refractivity contribution in [2.45, 2.75) is 45.7 Å². The Morgan fingerprint density at radius 2 is 2.00 bits per heavy atom. The standard InChI is InChI=1S/C24H27N7O/c1-14-18(8-26-24(28-14)30-10-16-7-17(16)11-30)12-31-13-19(9-27-31)23(32)29-22-4-3-20-15(2)25-6-5-21(20)22/h5-6,8-9,13,16-17,22H,3-4,7,10-12H2,1-2H3,(H,29,32)/t16?,17?,22-/m1/s1. The maximum Gasteiger partial charge on any atom is 0.254 e. The molecule has 2 fully saturated rings. The van der Waals surface area contributed by atoms with Crippen molar-refractivity contribution in [2.24, 2.45) is 11.8 Å². The van der Waals surface area contributed by atoms with Crippen LogP contribution in [0.25, 0.3) is 0 Å². The second-order valence-corrected chi connectivity index (χ2v) is 9.40. The Balaban J connectivity index is 1.12. The van der Waals surface area contributed by atoms with Crippen LogP contribution >= 0.6 is 0 Å². The lowest BCUT2D eigenvalue weighted by atomic mass is 10.1. The van der Waals surface area contributed by atoms with Gasteiger partial charge in [0.05, 0.1) is 24.3 Å². The van der Waals surface area contributed by atoms with E-state index in [1.54, 1.807) is 17.1 Å². The normalized spacial score (nSPS) is 23.2. The molecule has 32 heavy (non-hydrogen) atoms. The Kier molecular flexibility index (Phi) is 4.48. The summed E-state index contributed by atoms with van der Waals surface area (Å²) in [6, 6.07) is 2.05. The zero-order valence-corrected chi connectivity index (χ0v) is 18.5. The van der Waals surface area contributed by atoms with E-state index in [9.17, 15) is 4.79 Å². The van der Waals surface area contributed by atoms with Gasteiger partial charge >= 0.3 is 0 Å². The molecule has 0 spiro atoms. The Hall–Kier alpha value is -3.29. The fraction of sp³-hybridized carbons (Fsp3) is 0.458. The predicted molar refractivity (Wildman–Crippen MR) is 119 cm³/mol. The van der Waals surface area contributed by atoms with Gasteiger partial charge in [-0.05, 0) is 62.1 Å². The van der Waals surface area contributed by atoms with E-state index in [-0.39, 0.29) is 11.9 Å². The van der Waals surface area contributed by atoms with Crippen LogP contribution in [0.2, 0.25) is 0 Å². The van der Waals surface area contributed by atoms with Crippen LogP contribution in [0, 0.1) is 25.7 Å². The summed E-state index contributed by atoms with van der Waals surface area (Å²) in [6.07, 6.45) is 10.4. The third kappa shape index (κ3) is 3.43. The molecule has 2 aliphatic carbocycles. The van der Waals surface area contributed by atoms with E-state index in [2.05, 4.69) is 25.3 Å². The van der Waals surface area contributed by atoms with Crippen LogP contribution in [0.1, 0.15) is 57.3 Å². The summed E-state index contributed by atoms with van der Waals surface area (Å²) in [4.78, 5) is 28.8. The number of carbonyl (C=O) groups excluding carboxylic acids is 1. The van der Waals surface area contributed by atoms with Gasteiger partial charge in [0.25, 0.3) is 5.91 Å². The molecular weight excluding hydrogens is 402 g/mol. The van der Waals surface area contributed by atoms with Crippen molar-refractivity contribution in [3.8, 4) is 0 Å². The van der Waals surface area contributed by atoms with Crippen molar-refractivity contribution < 1.29 is 4.79 Å². The number of hydrogen-bond donors (Lipinski definition) is 1. The molecule has 2 unspecified atom stereocenters. The number of carbonyl (C=O) groups is 1. The predicted octanol–water partition coefficient (Wildman–Crippen LogP) is 2.61. The summed E-state index contributed by atoms with van der Waals surface area (Å²) >= 11 is 0. The van der Waals surface area contributed by atoms with Crippen molar-refractivity contribution in [3.63, 3.8) is 0 Å². The molecule has 164 valence electrons. The molecule has 0 aromatic carbocycles. The Bertz CT molecular complexity index is 1190. The number of amides is 1. The summed E-state index contributed by atoms with van der Waals surface area (Å²) < 4.78 is 1.78. The van der Waals surface area contributed by atoms with Crippen LogP contribution in [0.15, 0.2) is 30.9 Å². The molecule has 8 heteroatoms. The summed E-state index contributed by atoms with van der Waals surface area (Å²) in [5, 5.41) is 7.56. The Labute approximate surface area is 187 Å². The van der Waals surface area contributed by atoms with Crippen molar-refractivity contribution in [1.29, 1.82) is 0 Å². The van der Waals surface area contributed by atoms with Gasteiger partial charge in [-0.2, -0.15) is 5.10 Å². The van der Waals surface area contributed by atoms with Gasteiger partial charge in [-0.25, -0.2) is 9.97 Å². The van der Waals surface area contributed by atoms with E-state index in [1.165, 1.54) is 17.5 Å². The zero-order chi connectivity index (χ0) is 21.8. The molecule has 0 bridgehead atoms. The SMILES string of the molecule is Cc1nc(N2CC3CC3C2)ncc1Cn1cc(C(=O)N[C@@H]2CCc3c2ccnc3C)cn1. The highest BCUT2D eigenvalue weighted by atomic mass is 16.1.